The average Bonchev–Trinajstić information content (AvgIpc) is 2.93. The fraction of sp³-hybridized carbons (Fsp3) is 0.714. The molecule has 18 heavy (non-hydrogen) atoms. The van der Waals surface area contributed by atoms with Crippen LogP contribution in [0, 0.1) is 11.8 Å². The number of allylic oxidation sites excluding steroid dienone is 1. The van der Waals surface area contributed by atoms with Crippen LogP contribution in [0.5, 0.6) is 0 Å². The minimum absolute atomic E-state index is 0.0896. The number of carbonyl (C=O) groups excluding carboxylic acids is 1. The first-order valence-electron chi connectivity index (χ1n) is 6.70. The summed E-state index contributed by atoms with van der Waals surface area (Å²) >= 11 is 0. The second-order valence-electron chi connectivity index (χ2n) is 5.17. The first-order chi connectivity index (χ1) is 8.72. The Bertz CT molecular complexity index is 337. The lowest BCUT2D eigenvalue weighted by Gasteiger charge is -2.23. The monoisotopic (exact) mass is 252 g/mol. The molecule has 4 nitrogen and oxygen atoms in total. The number of hydrogen-bond acceptors (Lipinski definition) is 3. The van der Waals surface area contributed by atoms with Gasteiger partial charge in [0.2, 0.25) is 0 Å². The molecule has 2 fully saturated rings. The van der Waals surface area contributed by atoms with Crippen molar-refractivity contribution in [1.29, 1.82) is 0 Å². The van der Waals surface area contributed by atoms with E-state index in [9.17, 15) is 9.59 Å². The van der Waals surface area contributed by atoms with E-state index in [2.05, 4.69) is 0 Å². The summed E-state index contributed by atoms with van der Waals surface area (Å²) in [5.41, 5.74) is 0. The molecule has 0 aromatic rings. The number of aliphatic carboxylic acids is 1. The van der Waals surface area contributed by atoms with E-state index in [4.69, 9.17) is 9.84 Å². The smallest absolute Gasteiger partial charge is 0.307 e. The number of ether oxygens (including phenoxy) is 1. The lowest BCUT2D eigenvalue weighted by Crippen LogP contribution is -2.28. The summed E-state index contributed by atoms with van der Waals surface area (Å²) in [6.07, 6.45) is 10.2. The molecule has 0 amide bonds. The third-order valence-electron chi connectivity index (χ3n) is 4.01. The van der Waals surface area contributed by atoms with Gasteiger partial charge in [-0.25, -0.2) is 0 Å². The van der Waals surface area contributed by atoms with Crippen LogP contribution in [0.25, 0.3) is 0 Å². The summed E-state index contributed by atoms with van der Waals surface area (Å²) in [6, 6.07) is 0. The zero-order valence-electron chi connectivity index (χ0n) is 10.5. The minimum Gasteiger partial charge on any atom is -0.481 e. The Morgan fingerprint density at radius 1 is 1.28 bits per heavy atom. The van der Waals surface area contributed by atoms with E-state index < -0.39 is 5.97 Å². The number of aldehydes is 1. The highest BCUT2D eigenvalue weighted by molar-refractivity contribution is 5.68. The van der Waals surface area contributed by atoms with Gasteiger partial charge in [-0.3, -0.25) is 4.79 Å². The van der Waals surface area contributed by atoms with Crippen molar-refractivity contribution in [2.24, 2.45) is 11.8 Å². The van der Waals surface area contributed by atoms with Gasteiger partial charge in [-0.05, 0) is 38.0 Å². The average molecular weight is 252 g/mol. The molecule has 0 aliphatic carbocycles. The fourth-order valence-corrected chi connectivity index (χ4v) is 3.15. The summed E-state index contributed by atoms with van der Waals surface area (Å²) in [6.45, 7) is 0. The van der Waals surface area contributed by atoms with Crippen molar-refractivity contribution < 1.29 is 19.4 Å². The molecular formula is C14H20O4. The summed E-state index contributed by atoms with van der Waals surface area (Å²) in [7, 11) is 0. The number of hydrogen-bond donors (Lipinski definition) is 1. The van der Waals surface area contributed by atoms with Crippen LogP contribution in [0.3, 0.4) is 0 Å². The van der Waals surface area contributed by atoms with Crippen LogP contribution in [-0.2, 0) is 14.3 Å². The molecule has 2 saturated heterocycles. The highest BCUT2D eigenvalue weighted by atomic mass is 16.5. The number of carboxylic acids is 1. The van der Waals surface area contributed by atoms with Gasteiger partial charge in [0.15, 0.2) is 0 Å². The molecule has 0 aromatic heterocycles. The normalized spacial score (nSPS) is 34.2. The lowest BCUT2D eigenvalue weighted by molar-refractivity contribution is -0.136. The summed E-state index contributed by atoms with van der Waals surface area (Å²) < 4.78 is 5.77. The SMILES string of the molecule is O=C[C@@H]1[C@H](CCC/C=C\CC(=O)O)[C@@H]2CC[C@H]1O2. The van der Waals surface area contributed by atoms with Crippen LogP contribution in [0.15, 0.2) is 12.2 Å². The van der Waals surface area contributed by atoms with Crippen LogP contribution >= 0.6 is 0 Å². The molecule has 2 rings (SSSR count). The van der Waals surface area contributed by atoms with Gasteiger partial charge in [0.1, 0.15) is 6.29 Å². The van der Waals surface area contributed by atoms with Crippen molar-refractivity contribution in [3.8, 4) is 0 Å². The van der Waals surface area contributed by atoms with Crippen molar-refractivity contribution in [2.75, 3.05) is 0 Å². The third-order valence-corrected chi connectivity index (χ3v) is 4.01. The van der Waals surface area contributed by atoms with Gasteiger partial charge in [-0.1, -0.05) is 12.2 Å². The molecular weight excluding hydrogens is 232 g/mol. The number of rotatable bonds is 7. The van der Waals surface area contributed by atoms with Crippen molar-refractivity contribution in [2.45, 2.75) is 50.7 Å². The summed E-state index contributed by atoms with van der Waals surface area (Å²) in [4.78, 5) is 21.4. The molecule has 0 saturated carbocycles. The standard InChI is InChI=1S/C14H20O4/c15-9-11-10(12-7-8-13(11)18-12)5-3-1-2-4-6-14(16)17/h2,4,9-13H,1,3,5-8H2,(H,16,17)/b4-2-/t10-,11+,12-,13+/m0/s1. The Hall–Kier alpha value is -1.16. The topological polar surface area (TPSA) is 63.6 Å². The maximum Gasteiger partial charge on any atom is 0.307 e. The largest absolute Gasteiger partial charge is 0.481 e. The van der Waals surface area contributed by atoms with Crippen molar-refractivity contribution in [1.82, 2.24) is 0 Å². The van der Waals surface area contributed by atoms with E-state index in [1.165, 1.54) is 0 Å². The molecule has 0 aromatic carbocycles. The molecule has 0 spiro atoms. The van der Waals surface area contributed by atoms with E-state index in [0.29, 0.717) is 5.92 Å². The Morgan fingerprint density at radius 3 is 2.78 bits per heavy atom. The van der Waals surface area contributed by atoms with E-state index >= 15 is 0 Å². The number of carbonyl (C=O) groups is 2. The predicted molar refractivity (Wildman–Crippen MR) is 66.2 cm³/mol. The van der Waals surface area contributed by atoms with Crippen LogP contribution in [-0.4, -0.2) is 29.6 Å². The molecule has 2 aliphatic heterocycles. The molecule has 0 unspecified atom stereocenters. The molecule has 2 aliphatic rings. The molecule has 2 bridgehead atoms. The lowest BCUT2D eigenvalue weighted by atomic mass is 9.77. The molecule has 4 heteroatoms. The van der Waals surface area contributed by atoms with Crippen LogP contribution in [0.2, 0.25) is 0 Å². The fourth-order valence-electron chi connectivity index (χ4n) is 3.15. The van der Waals surface area contributed by atoms with Gasteiger partial charge in [0, 0.05) is 5.92 Å². The first-order valence-corrected chi connectivity index (χ1v) is 6.70. The second kappa shape index (κ2) is 6.14. The zero-order chi connectivity index (χ0) is 13.0. The quantitative estimate of drug-likeness (QED) is 0.428. The van der Waals surface area contributed by atoms with Gasteiger partial charge in [-0.2, -0.15) is 0 Å². The van der Waals surface area contributed by atoms with Crippen molar-refractivity contribution in [3.05, 3.63) is 12.2 Å². The Kier molecular flexibility index (Phi) is 4.53. The second-order valence-corrected chi connectivity index (χ2v) is 5.17. The molecule has 2 heterocycles. The first kappa shape index (κ1) is 13.3. The van der Waals surface area contributed by atoms with Crippen LogP contribution < -0.4 is 0 Å². The van der Waals surface area contributed by atoms with E-state index in [0.717, 1.165) is 38.4 Å². The summed E-state index contributed by atoms with van der Waals surface area (Å²) in [5, 5.41) is 8.47. The molecule has 100 valence electrons. The Balaban J connectivity index is 1.69. The molecule has 0 radical (unpaired) electrons. The number of carboxylic acid groups (broad SMARTS) is 1. The van der Waals surface area contributed by atoms with E-state index in [1.807, 2.05) is 6.08 Å². The van der Waals surface area contributed by atoms with Crippen molar-refractivity contribution in [3.63, 3.8) is 0 Å². The van der Waals surface area contributed by atoms with Crippen LogP contribution in [0.4, 0.5) is 0 Å². The van der Waals surface area contributed by atoms with Gasteiger partial charge < -0.3 is 14.6 Å². The highest BCUT2D eigenvalue weighted by Crippen LogP contribution is 2.44. The zero-order valence-corrected chi connectivity index (χ0v) is 10.5. The Morgan fingerprint density at radius 2 is 2.06 bits per heavy atom. The van der Waals surface area contributed by atoms with Gasteiger partial charge in [0.25, 0.3) is 0 Å². The minimum atomic E-state index is -0.797. The number of fused-ring (bicyclic) bond motifs is 2. The van der Waals surface area contributed by atoms with Crippen LogP contribution in [0.1, 0.15) is 38.5 Å². The molecule has 1 N–H and O–H groups in total. The van der Waals surface area contributed by atoms with E-state index in [-0.39, 0.29) is 24.5 Å². The predicted octanol–water partition coefficient (Wildman–Crippen LogP) is 2.18. The molecule has 4 atom stereocenters. The third kappa shape index (κ3) is 2.99. The van der Waals surface area contributed by atoms with Crippen molar-refractivity contribution >= 4 is 12.3 Å². The maximum atomic E-state index is 11.1. The Labute approximate surface area is 107 Å². The summed E-state index contributed by atoms with van der Waals surface area (Å²) in [5.74, 6) is -0.324. The van der Waals surface area contributed by atoms with Gasteiger partial charge in [0.05, 0.1) is 18.6 Å². The highest BCUT2D eigenvalue weighted by Gasteiger charge is 2.48. The van der Waals surface area contributed by atoms with Gasteiger partial charge >= 0.3 is 5.97 Å². The van der Waals surface area contributed by atoms with E-state index in [1.54, 1.807) is 6.08 Å². The number of unbranched alkanes of at least 4 members (excludes halogenated alkanes) is 1. The maximum absolute atomic E-state index is 11.1. The van der Waals surface area contributed by atoms with Gasteiger partial charge in [-0.15, -0.1) is 0 Å².